The summed E-state index contributed by atoms with van der Waals surface area (Å²) in [6.45, 7) is 10.1. The lowest BCUT2D eigenvalue weighted by atomic mass is 9.88. The van der Waals surface area contributed by atoms with Gasteiger partial charge in [0.2, 0.25) is 0 Å². The Hall–Kier alpha value is -2.37. The van der Waals surface area contributed by atoms with Gasteiger partial charge in [0.05, 0.1) is 5.69 Å². The number of hydrogen-bond donors (Lipinski definition) is 0. The summed E-state index contributed by atoms with van der Waals surface area (Å²) in [6.07, 6.45) is 0. The van der Waals surface area contributed by atoms with Crippen molar-refractivity contribution in [3.8, 4) is 0 Å². The quantitative estimate of drug-likeness (QED) is 0.837. The Morgan fingerprint density at radius 3 is 2.40 bits per heavy atom. The van der Waals surface area contributed by atoms with Gasteiger partial charge in [0.15, 0.2) is 0 Å². The molecule has 1 aliphatic rings. The normalized spacial score (nSPS) is 15.6. The molecule has 2 aromatic rings. The van der Waals surface area contributed by atoms with Crippen LogP contribution in [0.2, 0.25) is 0 Å². The zero-order chi connectivity index (χ0) is 18.2. The van der Waals surface area contributed by atoms with E-state index in [1.54, 1.807) is 24.0 Å². The standard InChI is InChI=1S/C19H24FN3O2/c1-13-16(17(21-25-13)19(2,3)4)18(24)23-11-9-22(10-12-23)15-8-6-5-7-14(15)20/h5-8H,9-12H2,1-4H3. The van der Waals surface area contributed by atoms with E-state index in [-0.39, 0.29) is 17.1 Å². The molecule has 0 atom stereocenters. The minimum absolute atomic E-state index is 0.0585. The second-order valence-electron chi connectivity index (χ2n) is 7.44. The largest absolute Gasteiger partial charge is 0.366 e. The van der Waals surface area contributed by atoms with Crippen LogP contribution in [0.3, 0.4) is 0 Å². The van der Waals surface area contributed by atoms with E-state index in [2.05, 4.69) is 5.16 Å². The summed E-state index contributed by atoms with van der Waals surface area (Å²) < 4.78 is 19.2. The van der Waals surface area contributed by atoms with Crippen LogP contribution in [0, 0.1) is 12.7 Å². The van der Waals surface area contributed by atoms with E-state index in [1.807, 2.05) is 31.7 Å². The number of aromatic nitrogens is 1. The molecule has 1 aromatic heterocycles. The third kappa shape index (κ3) is 3.38. The van der Waals surface area contributed by atoms with Gasteiger partial charge in [-0.15, -0.1) is 0 Å². The zero-order valence-electron chi connectivity index (χ0n) is 15.2. The van der Waals surface area contributed by atoms with Crippen LogP contribution in [0.5, 0.6) is 0 Å². The topological polar surface area (TPSA) is 49.6 Å². The molecule has 6 heteroatoms. The number of hydrogen-bond acceptors (Lipinski definition) is 4. The van der Waals surface area contributed by atoms with Crippen LogP contribution in [0.25, 0.3) is 0 Å². The van der Waals surface area contributed by atoms with Crippen molar-refractivity contribution in [2.24, 2.45) is 0 Å². The lowest BCUT2D eigenvalue weighted by molar-refractivity contribution is 0.0742. The minimum atomic E-state index is -0.266. The van der Waals surface area contributed by atoms with E-state index in [1.165, 1.54) is 6.07 Å². The third-order valence-electron chi connectivity index (χ3n) is 4.55. The molecule has 0 radical (unpaired) electrons. The van der Waals surface area contributed by atoms with E-state index in [9.17, 15) is 9.18 Å². The Bertz CT molecular complexity index is 771. The molecule has 0 bridgehead atoms. The average molecular weight is 345 g/mol. The molecule has 1 aromatic carbocycles. The summed E-state index contributed by atoms with van der Waals surface area (Å²) >= 11 is 0. The first kappa shape index (κ1) is 17.5. The van der Waals surface area contributed by atoms with Crippen LogP contribution in [-0.4, -0.2) is 42.1 Å². The van der Waals surface area contributed by atoms with Crippen molar-refractivity contribution in [3.63, 3.8) is 0 Å². The molecule has 2 heterocycles. The van der Waals surface area contributed by atoms with Gasteiger partial charge in [-0.2, -0.15) is 0 Å². The maximum absolute atomic E-state index is 13.9. The predicted octanol–water partition coefficient (Wildman–Crippen LogP) is 3.38. The highest BCUT2D eigenvalue weighted by Crippen LogP contribution is 2.28. The van der Waals surface area contributed by atoms with E-state index in [4.69, 9.17) is 4.52 Å². The van der Waals surface area contributed by atoms with Gasteiger partial charge in [-0.05, 0) is 19.1 Å². The van der Waals surface area contributed by atoms with Crippen molar-refractivity contribution in [1.29, 1.82) is 0 Å². The molecule has 1 fully saturated rings. The minimum Gasteiger partial charge on any atom is -0.366 e. The summed E-state index contributed by atoms with van der Waals surface area (Å²) in [7, 11) is 0. The van der Waals surface area contributed by atoms with Crippen molar-refractivity contribution in [2.45, 2.75) is 33.1 Å². The highest BCUT2D eigenvalue weighted by atomic mass is 19.1. The second-order valence-corrected chi connectivity index (χ2v) is 7.44. The second kappa shape index (κ2) is 6.50. The third-order valence-corrected chi connectivity index (χ3v) is 4.55. The van der Waals surface area contributed by atoms with Gasteiger partial charge in [-0.3, -0.25) is 4.79 Å². The molecule has 0 aliphatic carbocycles. The van der Waals surface area contributed by atoms with E-state index in [0.717, 1.165) is 0 Å². The molecule has 134 valence electrons. The molecule has 1 saturated heterocycles. The maximum atomic E-state index is 13.9. The summed E-state index contributed by atoms with van der Waals surface area (Å²) in [4.78, 5) is 16.8. The zero-order valence-corrected chi connectivity index (χ0v) is 15.2. The van der Waals surface area contributed by atoms with Crippen molar-refractivity contribution >= 4 is 11.6 Å². The van der Waals surface area contributed by atoms with Gasteiger partial charge >= 0.3 is 0 Å². The first-order valence-corrected chi connectivity index (χ1v) is 8.54. The van der Waals surface area contributed by atoms with Gasteiger partial charge in [0, 0.05) is 31.6 Å². The number of anilines is 1. The number of piperazine rings is 1. The molecular formula is C19H24FN3O2. The van der Waals surface area contributed by atoms with Crippen molar-refractivity contribution in [3.05, 3.63) is 47.1 Å². The van der Waals surface area contributed by atoms with E-state index in [0.29, 0.717) is 48.9 Å². The smallest absolute Gasteiger partial charge is 0.259 e. The number of carbonyl (C=O) groups is 1. The van der Waals surface area contributed by atoms with E-state index >= 15 is 0 Å². The van der Waals surface area contributed by atoms with Crippen molar-refractivity contribution < 1.29 is 13.7 Å². The molecule has 1 aliphatic heterocycles. The number of nitrogens with zero attached hydrogens (tertiary/aromatic N) is 3. The molecule has 3 rings (SSSR count). The van der Waals surface area contributed by atoms with Crippen molar-refractivity contribution in [2.75, 3.05) is 31.1 Å². The molecule has 0 N–H and O–H groups in total. The van der Waals surface area contributed by atoms with Gasteiger partial charge in [0.25, 0.3) is 5.91 Å². The van der Waals surface area contributed by atoms with Crippen LogP contribution in [0.4, 0.5) is 10.1 Å². The molecule has 0 unspecified atom stereocenters. The number of benzene rings is 1. The number of halogens is 1. The highest BCUT2D eigenvalue weighted by Gasteiger charge is 2.32. The monoisotopic (exact) mass is 345 g/mol. The molecule has 0 spiro atoms. The van der Waals surface area contributed by atoms with Gasteiger partial charge < -0.3 is 14.3 Å². The fourth-order valence-electron chi connectivity index (χ4n) is 3.15. The maximum Gasteiger partial charge on any atom is 0.259 e. The lowest BCUT2D eigenvalue weighted by Gasteiger charge is -2.36. The van der Waals surface area contributed by atoms with Crippen LogP contribution >= 0.6 is 0 Å². The highest BCUT2D eigenvalue weighted by molar-refractivity contribution is 5.96. The van der Waals surface area contributed by atoms with Crippen LogP contribution in [0.15, 0.2) is 28.8 Å². The Morgan fingerprint density at radius 1 is 1.16 bits per heavy atom. The van der Waals surface area contributed by atoms with Crippen LogP contribution in [-0.2, 0) is 5.41 Å². The molecule has 5 nitrogen and oxygen atoms in total. The SMILES string of the molecule is Cc1onc(C(C)(C)C)c1C(=O)N1CCN(c2ccccc2F)CC1. The Balaban J connectivity index is 1.75. The number of carbonyl (C=O) groups excluding carboxylic acids is 1. The van der Waals surface area contributed by atoms with Crippen molar-refractivity contribution in [1.82, 2.24) is 10.1 Å². The van der Waals surface area contributed by atoms with Crippen LogP contribution in [0.1, 0.15) is 42.6 Å². The Morgan fingerprint density at radius 2 is 1.80 bits per heavy atom. The number of para-hydroxylation sites is 1. The van der Waals surface area contributed by atoms with Crippen LogP contribution < -0.4 is 4.90 Å². The van der Waals surface area contributed by atoms with Gasteiger partial charge in [0.1, 0.15) is 22.8 Å². The first-order chi connectivity index (χ1) is 11.8. The Labute approximate surface area is 147 Å². The first-order valence-electron chi connectivity index (χ1n) is 8.54. The average Bonchev–Trinajstić information content (AvgIpc) is 2.97. The molecular weight excluding hydrogens is 321 g/mol. The number of rotatable bonds is 2. The summed E-state index contributed by atoms with van der Waals surface area (Å²) in [5.74, 6) is 0.260. The van der Waals surface area contributed by atoms with Gasteiger partial charge in [-0.25, -0.2) is 4.39 Å². The fraction of sp³-hybridized carbons (Fsp3) is 0.474. The molecule has 25 heavy (non-hydrogen) atoms. The predicted molar refractivity (Wildman–Crippen MR) is 94.5 cm³/mol. The summed E-state index contributed by atoms with van der Waals surface area (Å²) in [5.41, 5.74) is 1.57. The number of amides is 1. The molecule has 1 amide bonds. The summed E-state index contributed by atoms with van der Waals surface area (Å²) in [6, 6.07) is 6.74. The van der Waals surface area contributed by atoms with E-state index < -0.39 is 0 Å². The summed E-state index contributed by atoms with van der Waals surface area (Å²) in [5, 5.41) is 4.09. The Kier molecular flexibility index (Phi) is 4.54. The molecule has 0 saturated carbocycles. The van der Waals surface area contributed by atoms with Gasteiger partial charge in [-0.1, -0.05) is 38.1 Å². The fourth-order valence-corrected chi connectivity index (χ4v) is 3.15. The lowest BCUT2D eigenvalue weighted by Crippen LogP contribution is -2.49. The number of aryl methyl sites for hydroxylation is 1.